The number of nitrogens with one attached hydrogen (secondary N) is 1. The standard InChI is InChI=1S/C21H29N3O3S2/c1-3-23(4-2)20(18-10-13-28-16-18)15-22-21(25)17-8-7-9-19(14-17)29(26,27)24-11-5-6-12-24/h7-10,13-14,16,20H,3-6,11-12,15H2,1-2H3,(H,22,25). The maximum Gasteiger partial charge on any atom is 0.251 e. The SMILES string of the molecule is CCN(CC)C(CNC(=O)c1cccc(S(=O)(=O)N2CCCC2)c1)c1ccsc1. The van der Waals surface area contributed by atoms with Gasteiger partial charge >= 0.3 is 0 Å². The van der Waals surface area contributed by atoms with Crippen LogP contribution in [0.1, 0.15) is 48.7 Å². The Hall–Kier alpha value is -1.74. The molecule has 0 aliphatic carbocycles. The molecule has 6 nitrogen and oxygen atoms in total. The van der Waals surface area contributed by atoms with Crippen molar-refractivity contribution >= 4 is 27.3 Å². The Morgan fingerprint density at radius 3 is 2.55 bits per heavy atom. The van der Waals surface area contributed by atoms with Gasteiger partial charge in [-0.15, -0.1) is 0 Å². The number of nitrogens with zero attached hydrogens (tertiary/aromatic N) is 2. The fraction of sp³-hybridized carbons (Fsp3) is 0.476. The first kappa shape index (κ1) is 22.0. The summed E-state index contributed by atoms with van der Waals surface area (Å²) in [4.78, 5) is 15.3. The normalized spacial score (nSPS) is 16.2. The molecule has 1 atom stereocenters. The molecule has 0 radical (unpaired) electrons. The number of hydrogen-bond acceptors (Lipinski definition) is 5. The summed E-state index contributed by atoms with van der Waals surface area (Å²) in [6.45, 7) is 7.55. The van der Waals surface area contributed by atoms with Crippen LogP contribution in [0.5, 0.6) is 0 Å². The van der Waals surface area contributed by atoms with Crippen molar-refractivity contribution in [2.75, 3.05) is 32.7 Å². The van der Waals surface area contributed by atoms with E-state index in [1.165, 1.54) is 15.9 Å². The summed E-state index contributed by atoms with van der Waals surface area (Å²) in [7, 11) is -3.54. The molecule has 1 aromatic carbocycles. The van der Waals surface area contributed by atoms with Crippen molar-refractivity contribution < 1.29 is 13.2 Å². The zero-order chi connectivity index (χ0) is 20.9. The second-order valence-corrected chi connectivity index (χ2v) is 9.86. The number of likely N-dealkylation sites (N-methyl/N-ethyl adjacent to an activating group) is 1. The minimum absolute atomic E-state index is 0.0942. The molecule has 1 aliphatic rings. The molecule has 1 amide bonds. The van der Waals surface area contributed by atoms with Gasteiger partial charge in [0, 0.05) is 25.2 Å². The highest BCUT2D eigenvalue weighted by Crippen LogP contribution is 2.23. The van der Waals surface area contributed by atoms with Crippen molar-refractivity contribution in [1.29, 1.82) is 0 Å². The molecule has 2 aromatic rings. The molecule has 2 heterocycles. The molecule has 1 unspecified atom stereocenters. The zero-order valence-corrected chi connectivity index (χ0v) is 18.6. The first-order chi connectivity index (χ1) is 14.0. The van der Waals surface area contributed by atoms with Crippen LogP contribution in [0.4, 0.5) is 0 Å². The predicted molar refractivity (Wildman–Crippen MR) is 117 cm³/mol. The Kier molecular flexibility index (Phi) is 7.45. The Morgan fingerprint density at radius 1 is 1.21 bits per heavy atom. The third-order valence-corrected chi connectivity index (χ3v) is 8.03. The van der Waals surface area contributed by atoms with E-state index in [0.29, 0.717) is 25.2 Å². The highest BCUT2D eigenvalue weighted by molar-refractivity contribution is 7.89. The molecule has 1 fully saturated rings. The Balaban J connectivity index is 1.73. The number of sulfonamides is 1. The molecule has 1 N–H and O–H groups in total. The quantitative estimate of drug-likeness (QED) is 0.656. The molecule has 1 saturated heterocycles. The van der Waals surface area contributed by atoms with E-state index in [1.807, 2.05) is 5.38 Å². The second kappa shape index (κ2) is 9.84. The van der Waals surface area contributed by atoms with Crippen molar-refractivity contribution in [1.82, 2.24) is 14.5 Å². The molecule has 8 heteroatoms. The average Bonchev–Trinajstić information content (AvgIpc) is 3.45. The Morgan fingerprint density at radius 2 is 1.93 bits per heavy atom. The average molecular weight is 436 g/mol. The molecule has 3 rings (SSSR count). The largest absolute Gasteiger partial charge is 0.350 e. The van der Waals surface area contributed by atoms with E-state index in [4.69, 9.17) is 0 Å². The molecule has 1 aliphatic heterocycles. The number of rotatable bonds is 9. The van der Waals surface area contributed by atoms with Gasteiger partial charge in [0.05, 0.1) is 10.9 Å². The minimum Gasteiger partial charge on any atom is -0.350 e. The third-order valence-electron chi connectivity index (χ3n) is 5.44. The van der Waals surface area contributed by atoms with Crippen molar-refractivity contribution in [3.63, 3.8) is 0 Å². The van der Waals surface area contributed by atoms with E-state index in [0.717, 1.165) is 25.9 Å². The Bertz CT molecular complexity index is 903. The number of amides is 1. The van der Waals surface area contributed by atoms with E-state index >= 15 is 0 Å². The molecule has 0 spiro atoms. The van der Waals surface area contributed by atoms with Gasteiger partial charge in [-0.2, -0.15) is 15.6 Å². The summed E-state index contributed by atoms with van der Waals surface area (Å²) in [5.41, 5.74) is 1.55. The highest BCUT2D eigenvalue weighted by atomic mass is 32.2. The summed E-state index contributed by atoms with van der Waals surface area (Å²) in [6.07, 6.45) is 1.77. The maximum absolute atomic E-state index is 12.8. The molecule has 29 heavy (non-hydrogen) atoms. The molecule has 0 bridgehead atoms. The topological polar surface area (TPSA) is 69.7 Å². The third kappa shape index (κ3) is 5.06. The van der Waals surface area contributed by atoms with Crippen LogP contribution < -0.4 is 5.32 Å². The number of carbonyl (C=O) groups excluding carboxylic acids is 1. The second-order valence-electron chi connectivity index (χ2n) is 7.14. The van der Waals surface area contributed by atoms with E-state index in [2.05, 4.69) is 35.5 Å². The van der Waals surface area contributed by atoms with Crippen LogP contribution in [0.3, 0.4) is 0 Å². The van der Waals surface area contributed by atoms with E-state index in [9.17, 15) is 13.2 Å². The first-order valence-corrected chi connectivity index (χ1v) is 12.5. The van der Waals surface area contributed by atoms with Gasteiger partial charge in [0.2, 0.25) is 10.0 Å². The van der Waals surface area contributed by atoms with Crippen LogP contribution >= 0.6 is 11.3 Å². The van der Waals surface area contributed by atoms with E-state index < -0.39 is 10.0 Å². The van der Waals surface area contributed by atoms with Crippen molar-refractivity contribution in [2.24, 2.45) is 0 Å². The summed E-state index contributed by atoms with van der Waals surface area (Å²) in [6, 6.07) is 8.53. The predicted octanol–water partition coefficient (Wildman–Crippen LogP) is 3.35. The van der Waals surface area contributed by atoms with Gasteiger partial charge in [-0.1, -0.05) is 19.9 Å². The summed E-state index contributed by atoms with van der Waals surface area (Å²) in [5, 5.41) is 7.15. The fourth-order valence-corrected chi connectivity index (χ4v) is 6.02. The van der Waals surface area contributed by atoms with Gasteiger partial charge in [0.1, 0.15) is 0 Å². The maximum atomic E-state index is 12.8. The summed E-state index contributed by atoms with van der Waals surface area (Å²) >= 11 is 1.64. The van der Waals surface area contributed by atoms with Crippen molar-refractivity contribution in [2.45, 2.75) is 37.6 Å². The van der Waals surface area contributed by atoms with Crippen LogP contribution in [0.2, 0.25) is 0 Å². The number of carbonyl (C=O) groups is 1. The lowest BCUT2D eigenvalue weighted by molar-refractivity contribution is 0.0935. The number of thiophene rings is 1. The van der Waals surface area contributed by atoms with E-state index in [1.54, 1.807) is 29.5 Å². The fourth-order valence-electron chi connectivity index (χ4n) is 3.75. The lowest BCUT2D eigenvalue weighted by Crippen LogP contribution is -2.38. The van der Waals surface area contributed by atoms with Crippen LogP contribution in [0.15, 0.2) is 46.0 Å². The zero-order valence-electron chi connectivity index (χ0n) is 17.0. The van der Waals surface area contributed by atoms with Gasteiger partial charge in [-0.25, -0.2) is 8.42 Å². The van der Waals surface area contributed by atoms with Gasteiger partial charge in [-0.3, -0.25) is 9.69 Å². The molecular weight excluding hydrogens is 406 g/mol. The summed E-state index contributed by atoms with van der Waals surface area (Å²) in [5.74, 6) is -0.254. The van der Waals surface area contributed by atoms with Crippen molar-refractivity contribution in [3.05, 3.63) is 52.2 Å². The summed E-state index contributed by atoms with van der Waals surface area (Å²) < 4.78 is 27.1. The van der Waals surface area contributed by atoms with Crippen molar-refractivity contribution in [3.8, 4) is 0 Å². The smallest absolute Gasteiger partial charge is 0.251 e. The Labute approximate surface area is 177 Å². The van der Waals surface area contributed by atoms with Crippen LogP contribution in [0, 0.1) is 0 Å². The molecule has 0 saturated carbocycles. The van der Waals surface area contributed by atoms with Gasteiger partial charge in [0.25, 0.3) is 5.91 Å². The van der Waals surface area contributed by atoms with Gasteiger partial charge < -0.3 is 5.32 Å². The minimum atomic E-state index is -3.54. The lowest BCUT2D eigenvalue weighted by atomic mass is 10.1. The number of benzene rings is 1. The molecule has 158 valence electrons. The van der Waals surface area contributed by atoms with E-state index in [-0.39, 0.29) is 16.8 Å². The monoisotopic (exact) mass is 435 g/mol. The van der Waals surface area contributed by atoms with Crippen LogP contribution in [0.25, 0.3) is 0 Å². The van der Waals surface area contributed by atoms with Gasteiger partial charge in [0.15, 0.2) is 0 Å². The van der Waals surface area contributed by atoms with Crippen LogP contribution in [-0.2, 0) is 10.0 Å². The first-order valence-electron chi connectivity index (χ1n) is 10.1. The lowest BCUT2D eigenvalue weighted by Gasteiger charge is -2.29. The highest BCUT2D eigenvalue weighted by Gasteiger charge is 2.28. The molecular formula is C21H29N3O3S2. The molecule has 1 aromatic heterocycles. The van der Waals surface area contributed by atoms with Crippen LogP contribution in [-0.4, -0.2) is 56.3 Å². The number of hydrogen-bond donors (Lipinski definition) is 1. The van der Waals surface area contributed by atoms with Gasteiger partial charge in [-0.05, 0) is 66.5 Å².